The lowest BCUT2D eigenvalue weighted by Gasteiger charge is -2.14. The summed E-state index contributed by atoms with van der Waals surface area (Å²) in [5, 5.41) is 7.78. The van der Waals surface area contributed by atoms with Gasteiger partial charge in [0, 0.05) is 42.3 Å². The number of rotatable bonds is 4. The van der Waals surface area contributed by atoms with Gasteiger partial charge in [-0.05, 0) is 50.1 Å². The first-order valence-electron chi connectivity index (χ1n) is 8.79. The Bertz CT molecular complexity index is 999. The monoisotopic (exact) mass is 346 g/mol. The van der Waals surface area contributed by atoms with Gasteiger partial charge in [0.15, 0.2) is 0 Å². The van der Waals surface area contributed by atoms with Crippen LogP contribution in [0.25, 0.3) is 11.1 Å². The lowest BCUT2D eigenvalue weighted by molar-refractivity contribution is 0.740. The van der Waals surface area contributed by atoms with Crippen LogP contribution in [0.3, 0.4) is 0 Å². The Hall–Kier alpha value is -3.02. The number of fused-ring (bicyclic) bond motifs is 1. The third-order valence-electron chi connectivity index (χ3n) is 4.66. The number of aryl methyl sites for hydroxylation is 1. The van der Waals surface area contributed by atoms with E-state index < -0.39 is 0 Å². The van der Waals surface area contributed by atoms with Crippen molar-refractivity contribution in [1.82, 2.24) is 19.7 Å². The van der Waals surface area contributed by atoms with Gasteiger partial charge >= 0.3 is 0 Å². The summed E-state index contributed by atoms with van der Waals surface area (Å²) in [6.45, 7) is 6.95. The standard InChI is InChI=1S/C20H22N6/c1-12(2)25-20-18-15(6-8-22-20)10-23-19(18)17-9-14(5-7-21-17)16-11-24-26(4)13(16)3/h5-9,11-12H,10H2,1-4H3,(H,22,25). The van der Waals surface area contributed by atoms with Crippen LogP contribution >= 0.6 is 0 Å². The zero-order valence-electron chi connectivity index (χ0n) is 15.5. The minimum atomic E-state index is 0.299. The molecule has 6 heteroatoms. The fourth-order valence-electron chi connectivity index (χ4n) is 3.24. The predicted molar refractivity (Wildman–Crippen MR) is 104 cm³/mol. The minimum absolute atomic E-state index is 0.299. The van der Waals surface area contributed by atoms with Crippen LogP contribution in [-0.2, 0) is 13.6 Å². The van der Waals surface area contributed by atoms with E-state index in [-0.39, 0.29) is 0 Å². The highest BCUT2D eigenvalue weighted by atomic mass is 15.3. The zero-order valence-corrected chi connectivity index (χ0v) is 15.5. The highest BCUT2D eigenvalue weighted by molar-refractivity contribution is 6.17. The van der Waals surface area contributed by atoms with Crippen LogP contribution in [-0.4, -0.2) is 31.5 Å². The second-order valence-corrected chi connectivity index (χ2v) is 6.85. The first-order chi connectivity index (χ1) is 12.5. The van der Waals surface area contributed by atoms with E-state index in [0.29, 0.717) is 12.6 Å². The topological polar surface area (TPSA) is 68.0 Å². The van der Waals surface area contributed by atoms with Crippen molar-refractivity contribution in [2.24, 2.45) is 12.0 Å². The van der Waals surface area contributed by atoms with Crippen LogP contribution < -0.4 is 5.32 Å². The predicted octanol–water partition coefficient (Wildman–Crippen LogP) is 3.36. The highest BCUT2D eigenvalue weighted by Crippen LogP contribution is 2.30. The Morgan fingerprint density at radius 1 is 1.15 bits per heavy atom. The maximum absolute atomic E-state index is 4.76. The Morgan fingerprint density at radius 2 is 1.96 bits per heavy atom. The van der Waals surface area contributed by atoms with Gasteiger partial charge in [0.05, 0.1) is 24.1 Å². The molecule has 1 N–H and O–H groups in total. The summed E-state index contributed by atoms with van der Waals surface area (Å²) in [6.07, 6.45) is 5.57. The molecule has 4 rings (SSSR count). The van der Waals surface area contributed by atoms with Gasteiger partial charge in [-0.15, -0.1) is 0 Å². The number of anilines is 1. The largest absolute Gasteiger partial charge is 0.367 e. The van der Waals surface area contributed by atoms with Crippen molar-refractivity contribution < 1.29 is 0 Å². The average Bonchev–Trinajstić information content (AvgIpc) is 3.20. The first kappa shape index (κ1) is 16.4. The van der Waals surface area contributed by atoms with Crippen LogP contribution in [0.5, 0.6) is 0 Å². The maximum Gasteiger partial charge on any atom is 0.136 e. The van der Waals surface area contributed by atoms with Gasteiger partial charge in [-0.1, -0.05) is 0 Å². The molecule has 0 bridgehead atoms. The van der Waals surface area contributed by atoms with Crippen molar-refractivity contribution in [3.05, 3.63) is 59.3 Å². The summed E-state index contributed by atoms with van der Waals surface area (Å²) >= 11 is 0. The fraction of sp³-hybridized carbons (Fsp3) is 0.300. The Morgan fingerprint density at radius 3 is 2.69 bits per heavy atom. The molecule has 3 aromatic rings. The van der Waals surface area contributed by atoms with Gasteiger partial charge in [-0.25, -0.2) is 4.98 Å². The molecule has 0 aliphatic carbocycles. The van der Waals surface area contributed by atoms with Gasteiger partial charge in [-0.2, -0.15) is 5.10 Å². The van der Waals surface area contributed by atoms with Crippen molar-refractivity contribution in [1.29, 1.82) is 0 Å². The van der Waals surface area contributed by atoms with E-state index in [1.165, 1.54) is 5.56 Å². The van der Waals surface area contributed by atoms with Crippen molar-refractivity contribution in [2.75, 3.05) is 5.32 Å². The summed E-state index contributed by atoms with van der Waals surface area (Å²) in [6, 6.07) is 6.44. The molecule has 0 amide bonds. The molecular formula is C20H22N6. The molecule has 0 atom stereocenters. The van der Waals surface area contributed by atoms with Crippen LogP contribution in [0.2, 0.25) is 0 Å². The Labute approximate surface area is 153 Å². The summed E-state index contributed by atoms with van der Waals surface area (Å²) in [7, 11) is 1.95. The molecule has 0 unspecified atom stereocenters. The van der Waals surface area contributed by atoms with Crippen LogP contribution in [0.15, 0.2) is 41.8 Å². The average molecular weight is 346 g/mol. The summed E-state index contributed by atoms with van der Waals surface area (Å²) in [5.41, 5.74) is 7.35. The molecule has 1 aliphatic heterocycles. The van der Waals surface area contributed by atoms with Crippen molar-refractivity contribution >= 4 is 11.5 Å². The Kier molecular flexibility index (Phi) is 4.03. The number of aromatic nitrogens is 4. The molecule has 0 saturated heterocycles. The van der Waals surface area contributed by atoms with Crippen molar-refractivity contribution in [3.8, 4) is 11.1 Å². The molecule has 1 aliphatic rings. The van der Waals surface area contributed by atoms with E-state index in [1.54, 1.807) is 0 Å². The number of hydrogen-bond acceptors (Lipinski definition) is 5. The van der Waals surface area contributed by atoms with Gasteiger partial charge in [0.2, 0.25) is 0 Å². The summed E-state index contributed by atoms with van der Waals surface area (Å²) < 4.78 is 1.88. The molecular weight excluding hydrogens is 324 g/mol. The van der Waals surface area contributed by atoms with E-state index in [0.717, 1.165) is 39.6 Å². The van der Waals surface area contributed by atoms with Gasteiger partial charge in [0.1, 0.15) is 5.82 Å². The van der Waals surface area contributed by atoms with Gasteiger partial charge in [0.25, 0.3) is 0 Å². The first-order valence-corrected chi connectivity index (χ1v) is 8.79. The molecule has 0 aromatic carbocycles. The second kappa shape index (κ2) is 6.37. The van der Waals surface area contributed by atoms with E-state index >= 15 is 0 Å². The van der Waals surface area contributed by atoms with E-state index in [1.807, 2.05) is 42.5 Å². The molecule has 132 valence electrons. The number of nitrogens with one attached hydrogen (secondary N) is 1. The molecule has 6 nitrogen and oxygen atoms in total. The lowest BCUT2D eigenvalue weighted by Crippen LogP contribution is -2.16. The van der Waals surface area contributed by atoms with Crippen molar-refractivity contribution in [3.63, 3.8) is 0 Å². The van der Waals surface area contributed by atoms with Gasteiger partial charge in [-0.3, -0.25) is 14.7 Å². The number of hydrogen-bond donors (Lipinski definition) is 1. The number of aliphatic imine (C=N–C) groups is 1. The van der Waals surface area contributed by atoms with Crippen molar-refractivity contribution in [2.45, 2.75) is 33.4 Å². The van der Waals surface area contributed by atoms with E-state index in [4.69, 9.17) is 4.99 Å². The van der Waals surface area contributed by atoms with Crippen LogP contribution in [0.4, 0.5) is 5.82 Å². The quantitative estimate of drug-likeness (QED) is 0.786. The molecule has 4 heterocycles. The fourth-order valence-corrected chi connectivity index (χ4v) is 3.24. The third-order valence-corrected chi connectivity index (χ3v) is 4.66. The number of pyridine rings is 2. The van der Waals surface area contributed by atoms with Gasteiger partial charge < -0.3 is 5.32 Å². The third kappa shape index (κ3) is 2.77. The minimum Gasteiger partial charge on any atom is -0.367 e. The summed E-state index contributed by atoms with van der Waals surface area (Å²) in [4.78, 5) is 13.9. The smallest absolute Gasteiger partial charge is 0.136 e. The highest BCUT2D eigenvalue weighted by Gasteiger charge is 2.23. The Balaban J connectivity index is 1.78. The molecule has 0 saturated carbocycles. The molecule has 0 radical (unpaired) electrons. The van der Waals surface area contributed by atoms with E-state index in [9.17, 15) is 0 Å². The maximum atomic E-state index is 4.76. The molecule has 0 fully saturated rings. The summed E-state index contributed by atoms with van der Waals surface area (Å²) in [5.74, 6) is 0.874. The molecule has 26 heavy (non-hydrogen) atoms. The lowest BCUT2D eigenvalue weighted by atomic mass is 10.0. The van der Waals surface area contributed by atoms with Crippen LogP contribution in [0, 0.1) is 6.92 Å². The molecule has 0 spiro atoms. The second-order valence-electron chi connectivity index (χ2n) is 6.85. The molecule has 3 aromatic heterocycles. The van der Waals surface area contributed by atoms with E-state index in [2.05, 4.69) is 47.2 Å². The normalized spacial score (nSPS) is 13.0. The number of nitrogens with zero attached hydrogens (tertiary/aromatic N) is 5. The zero-order chi connectivity index (χ0) is 18.3. The van der Waals surface area contributed by atoms with Crippen LogP contribution in [0.1, 0.15) is 36.4 Å². The SMILES string of the molecule is Cc1c(-c2ccnc(C3=NCc4ccnc(NC(C)C)c43)c2)cnn1C.